The van der Waals surface area contributed by atoms with Crippen LogP contribution in [-0.4, -0.2) is 54.7 Å². The lowest BCUT2D eigenvalue weighted by Crippen LogP contribution is -2.33. The lowest BCUT2D eigenvalue weighted by Gasteiger charge is -2.14. The molecule has 1 unspecified atom stereocenters. The predicted octanol–water partition coefficient (Wildman–Crippen LogP) is -0.214. The first-order valence-corrected chi connectivity index (χ1v) is 6.19. The Hall–Kier alpha value is -1.47. The molecular weight excluding hydrogens is 234 g/mol. The Morgan fingerprint density at radius 1 is 1.67 bits per heavy atom. The summed E-state index contributed by atoms with van der Waals surface area (Å²) in [4.78, 5) is 17.7. The van der Waals surface area contributed by atoms with Gasteiger partial charge in [-0.3, -0.25) is 4.79 Å². The lowest BCUT2D eigenvalue weighted by atomic mass is 10.2. The molecule has 2 N–H and O–H groups in total. The highest BCUT2D eigenvalue weighted by atomic mass is 16.5. The van der Waals surface area contributed by atoms with Crippen molar-refractivity contribution in [2.24, 2.45) is 0 Å². The zero-order valence-corrected chi connectivity index (χ0v) is 10.8. The molecule has 2 heterocycles. The minimum atomic E-state index is -0.210. The van der Waals surface area contributed by atoms with Gasteiger partial charge in [-0.2, -0.15) is 4.98 Å². The molecule has 0 spiro atoms. The zero-order chi connectivity index (χ0) is 13.0. The summed E-state index contributed by atoms with van der Waals surface area (Å²) in [5.41, 5.74) is 0. The van der Waals surface area contributed by atoms with Crippen LogP contribution < -0.4 is 10.6 Å². The molecule has 100 valence electrons. The van der Waals surface area contributed by atoms with Gasteiger partial charge in [-0.25, -0.2) is 0 Å². The third kappa shape index (κ3) is 2.85. The van der Waals surface area contributed by atoms with Gasteiger partial charge in [0.1, 0.15) is 0 Å². The number of nitrogens with one attached hydrogen (secondary N) is 2. The van der Waals surface area contributed by atoms with Gasteiger partial charge in [-0.1, -0.05) is 5.16 Å². The van der Waals surface area contributed by atoms with E-state index >= 15 is 0 Å². The number of hydrogen-bond donors (Lipinski definition) is 2. The molecule has 1 aromatic rings. The summed E-state index contributed by atoms with van der Waals surface area (Å²) < 4.78 is 5.14. The summed E-state index contributed by atoms with van der Waals surface area (Å²) in [5, 5.41) is 10.00. The maximum atomic E-state index is 12.0. The van der Waals surface area contributed by atoms with E-state index in [0.717, 1.165) is 25.9 Å². The standard InChI is InChI=1S/C11H19N5O2/c1-12-6-7-16(2)11(17)9-14-10(18-15-9)8-4-3-5-13-8/h8,12-13H,3-7H2,1-2H3. The van der Waals surface area contributed by atoms with Crippen molar-refractivity contribution in [3.05, 3.63) is 11.7 Å². The van der Waals surface area contributed by atoms with Crippen LogP contribution in [0.2, 0.25) is 0 Å². The summed E-state index contributed by atoms with van der Waals surface area (Å²) in [6.45, 7) is 2.30. The van der Waals surface area contributed by atoms with Crippen molar-refractivity contribution in [1.82, 2.24) is 25.7 Å². The van der Waals surface area contributed by atoms with E-state index in [9.17, 15) is 4.79 Å². The molecule has 1 saturated heterocycles. The fourth-order valence-corrected chi connectivity index (χ4v) is 1.91. The molecule has 1 atom stereocenters. The molecule has 7 heteroatoms. The first kappa shape index (κ1) is 13.0. The van der Waals surface area contributed by atoms with E-state index in [0.29, 0.717) is 12.4 Å². The number of hydrogen-bond acceptors (Lipinski definition) is 6. The van der Waals surface area contributed by atoms with Crippen molar-refractivity contribution in [2.45, 2.75) is 18.9 Å². The summed E-state index contributed by atoms with van der Waals surface area (Å²) in [6.07, 6.45) is 2.07. The summed E-state index contributed by atoms with van der Waals surface area (Å²) >= 11 is 0. The first-order valence-electron chi connectivity index (χ1n) is 6.19. The van der Waals surface area contributed by atoms with Crippen LogP contribution in [0.5, 0.6) is 0 Å². The molecule has 0 aliphatic carbocycles. The summed E-state index contributed by atoms with van der Waals surface area (Å²) in [5.74, 6) is 0.438. The fourth-order valence-electron chi connectivity index (χ4n) is 1.91. The Kier molecular flexibility index (Phi) is 4.27. The highest BCUT2D eigenvalue weighted by molar-refractivity contribution is 5.90. The zero-order valence-electron chi connectivity index (χ0n) is 10.8. The van der Waals surface area contributed by atoms with E-state index in [1.54, 1.807) is 11.9 Å². The van der Waals surface area contributed by atoms with Gasteiger partial charge in [0.05, 0.1) is 6.04 Å². The van der Waals surface area contributed by atoms with Gasteiger partial charge < -0.3 is 20.1 Å². The van der Waals surface area contributed by atoms with Crippen LogP contribution in [0.15, 0.2) is 4.52 Å². The molecule has 2 rings (SSSR count). The molecular formula is C11H19N5O2. The van der Waals surface area contributed by atoms with E-state index < -0.39 is 0 Å². The lowest BCUT2D eigenvalue weighted by molar-refractivity contribution is 0.0781. The van der Waals surface area contributed by atoms with Crippen molar-refractivity contribution in [1.29, 1.82) is 0 Å². The monoisotopic (exact) mass is 253 g/mol. The molecule has 18 heavy (non-hydrogen) atoms. The van der Waals surface area contributed by atoms with Crippen LogP contribution in [0.3, 0.4) is 0 Å². The van der Waals surface area contributed by atoms with Crippen LogP contribution in [0.1, 0.15) is 35.4 Å². The van der Waals surface area contributed by atoms with Gasteiger partial charge in [-0.15, -0.1) is 0 Å². The van der Waals surface area contributed by atoms with E-state index in [2.05, 4.69) is 20.8 Å². The molecule has 1 aromatic heterocycles. The van der Waals surface area contributed by atoms with Crippen LogP contribution >= 0.6 is 0 Å². The van der Waals surface area contributed by atoms with Gasteiger partial charge in [-0.05, 0) is 26.4 Å². The summed E-state index contributed by atoms with van der Waals surface area (Å²) in [7, 11) is 3.57. The third-order valence-corrected chi connectivity index (χ3v) is 3.04. The van der Waals surface area contributed by atoms with E-state index in [4.69, 9.17) is 4.52 Å². The van der Waals surface area contributed by atoms with Crippen molar-refractivity contribution in [2.75, 3.05) is 33.7 Å². The molecule has 0 bridgehead atoms. The van der Waals surface area contributed by atoms with E-state index in [-0.39, 0.29) is 17.8 Å². The maximum Gasteiger partial charge on any atom is 0.295 e. The largest absolute Gasteiger partial charge is 0.338 e. The number of carbonyl (C=O) groups excluding carboxylic acids is 1. The van der Waals surface area contributed by atoms with Gasteiger partial charge >= 0.3 is 0 Å². The van der Waals surface area contributed by atoms with Crippen molar-refractivity contribution in [3.8, 4) is 0 Å². The van der Waals surface area contributed by atoms with Gasteiger partial charge in [0.25, 0.3) is 11.7 Å². The Labute approximate surface area is 106 Å². The molecule has 7 nitrogen and oxygen atoms in total. The number of amides is 1. The average Bonchev–Trinajstić information content (AvgIpc) is 3.04. The van der Waals surface area contributed by atoms with Crippen LogP contribution in [-0.2, 0) is 0 Å². The Bertz CT molecular complexity index is 400. The van der Waals surface area contributed by atoms with Crippen molar-refractivity contribution < 1.29 is 9.32 Å². The molecule has 1 aliphatic rings. The first-order chi connectivity index (χ1) is 8.72. The average molecular weight is 253 g/mol. The number of rotatable bonds is 5. The van der Waals surface area contributed by atoms with Gasteiger partial charge in [0.2, 0.25) is 5.89 Å². The highest BCUT2D eigenvalue weighted by Crippen LogP contribution is 2.21. The molecule has 0 radical (unpaired) electrons. The minimum absolute atomic E-state index is 0.0988. The second-order valence-corrected chi connectivity index (χ2v) is 4.44. The van der Waals surface area contributed by atoms with Crippen LogP contribution in [0.25, 0.3) is 0 Å². The maximum absolute atomic E-state index is 12.0. The topological polar surface area (TPSA) is 83.3 Å². The second-order valence-electron chi connectivity index (χ2n) is 4.44. The van der Waals surface area contributed by atoms with Gasteiger partial charge in [0.15, 0.2) is 0 Å². The number of nitrogens with zero attached hydrogens (tertiary/aromatic N) is 3. The SMILES string of the molecule is CNCCN(C)C(=O)c1noc(C2CCCN2)n1. The minimum Gasteiger partial charge on any atom is -0.338 e. The highest BCUT2D eigenvalue weighted by Gasteiger charge is 2.25. The normalized spacial score (nSPS) is 19.1. The third-order valence-electron chi connectivity index (χ3n) is 3.04. The molecule has 1 fully saturated rings. The Morgan fingerprint density at radius 2 is 2.50 bits per heavy atom. The molecule has 0 aromatic carbocycles. The quantitative estimate of drug-likeness (QED) is 0.755. The molecule has 1 aliphatic heterocycles. The molecule has 0 saturated carbocycles. The second kappa shape index (κ2) is 5.92. The van der Waals surface area contributed by atoms with Crippen molar-refractivity contribution in [3.63, 3.8) is 0 Å². The fraction of sp³-hybridized carbons (Fsp3) is 0.727. The molecule has 1 amide bonds. The summed E-state index contributed by atoms with van der Waals surface area (Å²) in [6, 6.07) is 0.0988. The smallest absolute Gasteiger partial charge is 0.295 e. The number of likely N-dealkylation sites (N-methyl/N-ethyl adjacent to an activating group) is 2. The Balaban J connectivity index is 1.98. The number of carbonyl (C=O) groups is 1. The van der Waals surface area contributed by atoms with Gasteiger partial charge in [0, 0.05) is 20.1 Å². The van der Waals surface area contributed by atoms with E-state index in [1.807, 2.05) is 7.05 Å². The van der Waals surface area contributed by atoms with Crippen LogP contribution in [0.4, 0.5) is 0 Å². The van der Waals surface area contributed by atoms with Crippen LogP contribution in [0, 0.1) is 0 Å². The van der Waals surface area contributed by atoms with E-state index in [1.165, 1.54) is 0 Å². The number of aromatic nitrogens is 2. The Morgan fingerprint density at radius 3 is 3.17 bits per heavy atom. The predicted molar refractivity (Wildman–Crippen MR) is 65.2 cm³/mol. The van der Waals surface area contributed by atoms with Crippen molar-refractivity contribution >= 4 is 5.91 Å².